The largest absolute Gasteiger partial charge is 0.332 e. The molecule has 11 heteroatoms. The van der Waals surface area contributed by atoms with Crippen LogP contribution in [0, 0.1) is 21.4 Å². The second kappa shape index (κ2) is 4.19. The van der Waals surface area contributed by atoms with Gasteiger partial charge in [-0.25, -0.2) is 4.79 Å². The van der Waals surface area contributed by atoms with Gasteiger partial charge in [0.15, 0.2) is 0 Å². The lowest BCUT2D eigenvalue weighted by Gasteiger charge is -2.33. The number of hydrogen-bond donors (Lipinski definition) is 0. The average molecular weight is 345 g/mol. The second-order valence-corrected chi connectivity index (χ2v) is 7.00. The predicted octanol–water partition coefficient (Wildman–Crippen LogP) is 0.669. The van der Waals surface area contributed by atoms with Gasteiger partial charge in [0, 0.05) is 19.0 Å². The fraction of sp³-hybridized carbons (Fsp3) is 0.667. The number of urea groups is 1. The summed E-state index contributed by atoms with van der Waals surface area (Å²) in [5.74, 6) is -3.47. The van der Waals surface area contributed by atoms with Crippen molar-refractivity contribution in [2.75, 3.05) is 14.1 Å². The molecule has 1 aliphatic heterocycles. The van der Waals surface area contributed by atoms with E-state index in [4.69, 9.17) is 34.8 Å². The number of imide groups is 2. The number of carbonyl (C=O) groups is 3. The smallest absolute Gasteiger partial charge is 0.273 e. The summed E-state index contributed by atoms with van der Waals surface area (Å²) in [6, 6.07) is -2.56. The predicted molar refractivity (Wildman–Crippen MR) is 67.9 cm³/mol. The minimum absolute atomic E-state index is 0.619. The molecule has 0 unspecified atom stereocenters. The van der Waals surface area contributed by atoms with Gasteiger partial charge in [-0.15, -0.1) is 0 Å². The van der Waals surface area contributed by atoms with Gasteiger partial charge >= 0.3 is 6.03 Å². The van der Waals surface area contributed by atoms with Gasteiger partial charge in [0.2, 0.25) is 15.2 Å². The first kappa shape index (κ1) is 15.3. The van der Waals surface area contributed by atoms with Crippen LogP contribution in [-0.2, 0) is 9.59 Å². The highest BCUT2D eigenvalue weighted by Crippen LogP contribution is 2.66. The average Bonchev–Trinajstić information content (AvgIpc) is 3.04. The third-order valence-electron chi connectivity index (χ3n) is 3.63. The van der Waals surface area contributed by atoms with Crippen molar-refractivity contribution in [2.45, 2.75) is 9.83 Å². The Morgan fingerprint density at radius 2 is 1.55 bits per heavy atom. The first-order chi connectivity index (χ1) is 8.98. The first-order valence-electron chi connectivity index (χ1n) is 5.29. The highest BCUT2D eigenvalue weighted by molar-refractivity contribution is 6.68. The van der Waals surface area contributed by atoms with Crippen LogP contribution >= 0.6 is 34.8 Å². The zero-order valence-electron chi connectivity index (χ0n) is 10.2. The van der Waals surface area contributed by atoms with Gasteiger partial charge < -0.3 is 0 Å². The Morgan fingerprint density at radius 1 is 1.15 bits per heavy atom. The molecule has 110 valence electrons. The highest BCUT2D eigenvalue weighted by atomic mass is 35.6. The van der Waals surface area contributed by atoms with E-state index in [0.717, 1.165) is 14.1 Å². The molecule has 20 heavy (non-hydrogen) atoms. The summed E-state index contributed by atoms with van der Waals surface area (Å²) >= 11 is 17.0. The number of nitrogens with zero attached hydrogens (tertiary/aromatic N) is 3. The molecule has 0 aromatic rings. The number of amides is 4. The molecule has 0 N–H and O–H groups in total. The normalized spacial score (nSPS) is 29.1. The number of halogens is 3. The Kier molecular flexibility index (Phi) is 3.20. The summed E-state index contributed by atoms with van der Waals surface area (Å²) in [6.07, 6.45) is 0. The molecule has 1 saturated carbocycles. The number of barbiturate groups is 1. The van der Waals surface area contributed by atoms with E-state index in [1.54, 1.807) is 0 Å². The van der Waals surface area contributed by atoms with Gasteiger partial charge in [0.1, 0.15) is 5.92 Å². The lowest BCUT2D eigenvalue weighted by atomic mass is 9.97. The molecule has 2 aliphatic rings. The monoisotopic (exact) mass is 343 g/mol. The number of alkyl halides is 3. The fourth-order valence-electron chi connectivity index (χ4n) is 2.66. The van der Waals surface area contributed by atoms with Gasteiger partial charge in [0.05, 0.1) is 0 Å². The molecule has 4 amide bonds. The molecular weight excluding hydrogens is 336 g/mol. The molecule has 0 bridgehead atoms. The lowest BCUT2D eigenvalue weighted by Crippen LogP contribution is -2.60. The van der Waals surface area contributed by atoms with Crippen LogP contribution in [-0.4, -0.2) is 56.5 Å². The molecule has 1 aliphatic carbocycles. The standard InChI is InChI=1S/C9H8Cl3N3O5/c1-13-5(16)8(6(17)14(2)7(13)18)3(9(10,11)12)4(8)15(19)20/h3-4H,1-2H3/t3-,4-/m1/s1. The van der Waals surface area contributed by atoms with Crippen LogP contribution in [0.5, 0.6) is 0 Å². The zero-order valence-corrected chi connectivity index (χ0v) is 12.4. The Hall–Kier alpha value is -1.12. The highest BCUT2D eigenvalue weighted by Gasteiger charge is 2.89. The minimum atomic E-state index is -2.18. The van der Waals surface area contributed by atoms with E-state index in [2.05, 4.69) is 0 Å². The van der Waals surface area contributed by atoms with E-state index in [-0.39, 0.29) is 0 Å². The molecule has 2 atom stereocenters. The van der Waals surface area contributed by atoms with Crippen molar-refractivity contribution in [3.8, 4) is 0 Å². The number of carbonyl (C=O) groups excluding carboxylic acids is 3. The molecule has 1 saturated heterocycles. The van der Waals surface area contributed by atoms with Crippen molar-refractivity contribution in [2.24, 2.45) is 11.3 Å². The van der Waals surface area contributed by atoms with Crippen LogP contribution in [0.1, 0.15) is 0 Å². The quantitative estimate of drug-likeness (QED) is 0.301. The topological polar surface area (TPSA) is 101 Å². The molecule has 0 aromatic heterocycles. The Bertz CT molecular complexity index is 521. The zero-order chi connectivity index (χ0) is 15.6. The SMILES string of the molecule is CN1C(=O)N(C)C(=O)C2(C1=O)[C@H]([N+](=O)[O-])[C@H]2C(Cl)(Cl)Cl. The van der Waals surface area contributed by atoms with Crippen molar-refractivity contribution < 1.29 is 19.3 Å². The maximum atomic E-state index is 12.2. The first-order valence-corrected chi connectivity index (χ1v) is 6.42. The van der Waals surface area contributed by atoms with E-state index >= 15 is 0 Å². The summed E-state index contributed by atoms with van der Waals surface area (Å²) in [7, 11) is 2.22. The summed E-state index contributed by atoms with van der Waals surface area (Å²) in [4.78, 5) is 47.6. The van der Waals surface area contributed by atoms with E-state index in [0.29, 0.717) is 9.80 Å². The van der Waals surface area contributed by atoms with E-state index in [1.807, 2.05) is 0 Å². The Balaban J connectivity index is 2.58. The third-order valence-corrected chi connectivity index (χ3v) is 4.34. The molecule has 1 spiro atoms. The van der Waals surface area contributed by atoms with Gasteiger partial charge in [-0.05, 0) is 0 Å². The van der Waals surface area contributed by atoms with Crippen molar-refractivity contribution in [1.82, 2.24) is 9.80 Å². The van der Waals surface area contributed by atoms with Crippen molar-refractivity contribution in [3.05, 3.63) is 10.1 Å². The molecule has 0 radical (unpaired) electrons. The van der Waals surface area contributed by atoms with Crippen LogP contribution in [0.3, 0.4) is 0 Å². The van der Waals surface area contributed by atoms with Crippen molar-refractivity contribution >= 4 is 52.6 Å². The van der Waals surface area contributed by atoms with Gasteiger partial charge in [-0.1, -0.05) is 34.8 Å². The summed E-state index contributed by atoms with van der Waals surface area (Å²) < 4.78 is -2.18. The second-order valence-electron chi connectivity index (χ2n) is 4.63. The third kappa shape index (κ3) is 1.64. The molecular formula is C9H8Cl3N3O5. The maximum absolute atomic E-state index is 12.2. The van der Waals surface area contributed by atoms with Crippen LogP contribution in [0.15, 0.2) is 0 Å². The van der Waals surface area contributed by atoms with Gasteiger partial charge in [0.25, 0.3) is 11.8 Å². The van der Waals surface area contributed by atoms with E-state index in [1.165, 1.54) is 0 Å². The van der Waals surface area contributed by atoms with Crippen LogP contribution in [0.4, 0.5) is 4.79 Å². The van der Waals surface area contributed by atoms with E-state index in [9.17, 15) is 24.5 Å². The molecule has 8 nitrogen and oxygen atoms in total. The maximum Gasteiger partial charge on any atom is 0.332 e. The van der Waals surface area contributed by atoms with E-state index < -0.39 is 43.9 Å². The molecule has 2 rings (SSSR count). The molecule has 1 heterocycles. The van der Waals surface area contributed by atoms with Crippen LogP contribution in [0.2, 0.25) is 0 Å². The Morgan fingerprint density at radius 3 is 1.80 bits per heavy atom. The van der Waals surface area contributed by atoms with Crippen molar-refractivity contribution in [1.29, 1.82) is 0 Å². The number of hydrogen-bond acceptors (Lipinski definition) is 5. The summed E-state index contributed by atoms with van der Waals surface area (Å²) in [5.41, 5.74) is -2.13. The summed E-state index contributed by atoms with van der Waals surface area (Å²) in [6.45, 7) is 0. The minimum Gasteiger partial charge on any atom is -0.273 e. The number of rotatable bonds is 1. The fourth-order valence-corrected chi connectivity index (χ4v) is 3.53. The Labute approximate surface area is 127 Å². The van der Waals surface area contributed by atoms with Gasteiger partial charge in [-0.2, -0.15) is 0 Å². The van der Waals surface area contributed by atoms with Crippen LogP contribution in [0.25, 0.3) is 0 Å². The van der Waals surface area contributed by atoms with Crippen LogP contribution < -0.4 is 0 Å². The molecule has 2 fully saturated rings. The van der Waals surface area contributed by atoms with Gasteiger partial charge in [-0.3, -0.25) is 29.5 Å². The summed E-state index contributed by atoms with van der Waals surface area (Å²) in [5, 5.41) is 11.1. The molecule has 0 aromatic carbocycles. The van der Waals surface area contributed by atoms with Crippen molar-refractivity contribution in [3.63, 3.8) is 0 Å². The number of nitro groups is 1. The lowest BCUT2D eigenvalue weighted by molar-refractivity contribution is -0.502.